The average molecular weight is 164 g/mol. The number of oxime groups is 1. The van der Waals surface area contributed by atoms with Gasteiger partial charge in [-0.15, -0.1) is 0 Å². The van der Waals surface area contributed by atoms with Gasteiger partial charge in [0, 0.05) is 18.3 Å². The topological polar surface area (TPSA) is 45.5 Å². The molecule has 1 heterocycles. The first kappa shape index (κ1) is 8.71. The van der Waals surface area contributed by atoms with E-state index < -0.39 is 0 Å². The van der Waals surface area contributed by atoms with Gasteiger partial charge in [-0.1, -0.05) is 18.1 Å². The molecule has 0 saturated carbocycles. The van der Waals surface area contributed by atoms with Crippen molar-refractivity contribution in [3.8, 4) is 0 Å². The minimum Gasteiger partial charge on any atom is -0.411 e. The molecule has 0 atom stereocenters. The molecule has 0 bridgehead atoms. The Morgan fingerprint density at radius 3 is 2.92 bits per heavy atom. The van der Waals surface area contributed by atoms with Crippen LogP contribution in [0.25, 0.3) is 0 Å². The molecule has 1 aromatic heterocycles. The summed E-state index contributed by atoms with van der Waals surface area (Å²) in [5, 5.41) is 11.7. The molecule has 0 amide bonds. The van der Waals surface area contributed by atoms with Crippen molar-refractivity contribution < 1.29 is 5.21 Å². The second kappa shape index (κ2) is 4.49. The lowest BCUT2D eigenvalue weighted by molar-refractivity contribution is 0.316. The Morgan fingerprint density at radius 2 is 2.42 bits per heavy atom. The molecule has 0 aliphatic heterocycles. The second-order valence-corrected chi connectivity index (χ2v) is 2.52. The van der Waals surface area contributed by atoms with E-state index in [0.29, 0.717) is 6.42 Å². The van der Waals surface area contributed by atoms with Crippen LogP contribution in [-0.4, -0.2) is 15.9 Å². The Bertz CT molecular complexity index is 256. The van der Waals surface area contributed by atoms with Crippen LogP contribution in [0.15, 0.2) is 29.6 Å². The van der Waals surface area contributed by atoms with Crippen LogP contribution in [0, 0.1) is 0 Å². The largest absolute Gasteiger partial charge is 0.411 e. The number of rotatable bonds is 3. The molecule has 12 heavy (non-hydrogen) atoms. The smallest absolute Gasteiger partial charge is 0.0627 e. The van der Waals surface area contributed by atoms with Crippen molar-refractivity contribution in [2.24, 2.45) is 5.16 Å². The SMILES string of the molecule is CCC(Cc1ccccn1)=NO. The zero-order chi connectivity index (χ0) is 8.81. The lowest BCUT2D eigenvalue weighted by Gasteiger charge is -1.99. The number of hydrogen-bond acceptors (Lipinski definition) is 3. The maximum atomic E-state index is 8.55. The fraction of sp³-hybridized carbons (Fsp3) is 0.333. The van der Waals surface area contributed by atoms with Crippen LogP contribution in [0.4, 0.5) is 0 Å². The fourth-order valence-electron chi connectivity index (χ4n) is 0.943. The van der Waals surface area contributed by atoms with Crippen LogP contribution in [-0.2, 0) is 6.42 Å². The molecule has 0 aliphatic rings. The Hall–Kier alpha value is -1.38. The molecule has 1 rings (SSSR count). The maximum absolute atomic E-state index is 8.55. The molecule has 0 radical (unpaired) electrons. The maximum Gasteiger partial charge on any atom is 0.0627 e. The van der Waals surface area contributed by atoms with E-state index in [1.54, 1.807) is 6.20 Å². The number of aromatic nitrogens is 1. The summed E-state index contributed by atoms with van der Waals surface area (Å²) in [6, 6.07) is 5.71. The highest BCUT2D eigenvalue weighted by Gasteiger charge is 1.99. The molecule has 0 saturated heterocycles. The van der Waals surface area contributed by atoms with Crippen LogP contribution < -0.4 is 0 Å². The zero-order valence-corrected chi connectivity index (χ0v) is 7.07. The summed E-state index contributed by atoms with van der Waals surface area (Å²) in [6.45, 7) is 1.96. The fourth-order valence-corrected chi connectivity index (χ4v) is 0.943. The minimum atomic E-state index is 0.633. The highest BCUT2D eigenvalue weighted by molar-refractivity contribution is 5.85. The first-order valence-corrected chi connectivity index (χ1v) is 3.96. The standard InChI is InChI=1S/C9H12N2O/c1-2-8(11-12)7-9-5-3-4-6-10-9/h3-6,12H,2,7H2,1H3. The molecule has 3 nitrogen and oxygen atoms in total. The molecular formula is C9H12N2O. The van der Waals surface area contributed by atoms with Gasteiger partial charge in [0.2, 0.25) is 0 Å². The van der Waals surface area contributed by atoms with Crippen LogP contribution in [0.2, 0.25) is 0 Å². The molecule has 0 aliphatic carbocycles. The van der Waals surface area contributed by atoms with Gasteiger partial charge in [0.25, 0.3) is 0 Å². The molecule has 0 aromatic carbocycles. The van der Waals surface area contributed by atoms with Gasteiger partial charge in [-0.05, 0) is 18.6 Å². The van der Waals surface area contributed by atoms with Gasteiger partial charge in [0.05, 0.1) is 5.71 Å². The van der Waals surface area contributed by atoms with E-state index in [1.165, 1.54) is 0 Å². The third-order valence-electron chi connectivity index (χ3n) is 1.66. The van der Waals surface area contributed by atoms with Crippen molar-refractivity contribution in [2.75, 3.05) is 0 Å². The van der Waals surface area contributed by atoms with Crippen molar-refractivity contribution >= 4 is 5.71 Å². The molecule has 0 unspecified atom stereocenters. The van der Waals surface area contributed by atoms with Crippen LogP contribution in [0.1, 0.15) is 19.0 Å². The summed E-state index contributed by atoms with van der Waals surface area (Å²) in [5.74, 6) is 0. The van der Waals surface area contributed by atoms with Gasteiger partial charge in [0.15, 0.2) is 0 Å². The van der Waals surface area contributed by atoms with Gasteiger partial charge in [0.1, 0.15) is 0 Å². The molecule has 64 valence electrons. The zero-order valence-electron chi connectivity index (χ0n) is 7.07. The van der Waals surface area contributed by atoms with E-state index in [4.69, 9.17) is 5.21 Å². The van der Waals surface area contributed by atoms with E-state index >= 15 is 0 Å². The van der Waals surface area contributed by atoms with Crippen molar-refractivity contribution in [1.82, 2.24) is 4.98 Å². The lowest BCUT2D eigenvalue weighted by Crippen LogP contribution is -2.02. The Balaban J connectivity index is 2.64. The highest BCUT2D eigenvalue weighted by Crippen LogP contribution is 1.98. The number of pyridine rings is 1. The predicted octanol–water partition coefficient (Wildman–Crippen LogP) is 1.86. The lowest BCUT2D eigenvalue weighted by atomic mass is 10.1. The average Bonchev–Trinajstić information content (AvgIpc) is 2.16. The van der Waals surface area contributed by atoms with Gasteiger partial charge < -0.3 is 5.21 Å². The van der Waals surface area contributed by atoms with Gasteiger partial charge in [-0.25, -0.2) is 0 Å². The molecule has 0 spiro atoms. The highest BCUT2D eigenvalue weighted by atomic mass is 16.4. The summed E-state index contributed by atoms with van der Waals surface area (Å²) in [5.41, 5.74) is 1.70. The van der Waals surface area contributed by atoms with Crippen molar-refractivity contribution in [3.63, 3.8) is 0 Å². The quantitative estimate of drug-likeness (QED) is 0.421. The third kappa shape index (κ3) is 2.34. The predicted molar refractivity (Wildman–Crippen MR) is 47.5 cm³/mol. The minimum absolute atomic E-state index is 0.633. The van der Waals surface area contributed by atoms with Gasteiger partial charge >= 0.3 is 0 Å². The first-order chi connectivity index (χ1) is 5.86. The summed E-state index contributed by atoms with van der Waals surface area (Å²) >= 11 is 0. The van der Waals surface area contributed by atoms with E-state index in [0.717, 1.165) is 17.8 Å². The number of hydrogen-bond donors (Lipinski definition) is 1. The molecule has 1 N–H and O–H groups in total. The van der Waals surface area contributed by atoms with Gasteiger partial charge in [-0.3, -0.25) is 4.98 Å². The summed E-state index contributed by atoms with van der Waals surface area (Å²) in [6.07, 6.45) is 3.13. The first-order valence-electron chi connectivity index (χ1n) is 3.96. The molecule has 0 fully saturated rings. The van der Waals surface area contributed by atoms with E-state index in [2.05, 4.69) is 10.1 Å². The summed E-state index contributed by atoms with van der Waals surface area (Å²) < 4.78 is 0. The van der Waals surface area contributed by atoms with Gasteiger partial charge in [-0.2, -0.15) is 0 Å². The van der Waals surface area contributed by atoms with Crippen molar-refractivity contribution in [3.05, 3.63) is 30.1 Å². The van der Waals surface area contributed by atoms with E-state index in [9.17, 15) is 0 Å². The monoisotopic (exact) mass is 164 g/mol. The molecule has 3 heteroatoms. The molecular weight excluding hydrogens is 152 g/mol. The van der Waals surface area contributed by atoms with Crippen LogP contribution in [0.5, 0.6) is 0 Å². The Labute approximate surface area is 71.8 Å². The van der Waals surface area contributed by atoms with E-state index in [-0.39, 0.29) is 0 Å². The van der Waals surface area contributed by atoms with Crippen molar-refractivity contribution in [2.45, 2.75) is 19.8 Å². The van der Waals surface area contributed by atoms with Crippen molar-refractivity contribution in [1.29, 1.82) is 0 Å². The Morgan fingerprint density at radius 1 is 1.58 bits per heavy atom. The van der Waals surface area contributed by atoms with Crippen LogP contribution in [0.3, 0.4) is 0 Å². The normalized spacial score (nSPS) is 11.6. The third-order valence-corrected chi connectivity index (χ3v) is 1.66. The number of nitrogens with zero attached hydrogens (tertiary/aromatic N) is 2. The molecule has 1 aromatic rings. The Kier molecular flexibility index (Phi) is 3.26. The summed E-state index contributed by atoms with van der Waals surface area (Å²) in [4.78, 5) is 4.12. The second-order valence-electron chi connectivity index (χ2n) is 2.52. The van der Waals surface area contributed by atoms with Crippen LogP contribution >= 0.6 is 0 Å². The van der Waals surface area contributed by atoms with E-state index in [1.807, 2.05) is 25.1 Å². The summed E-state index contributed by atoms with van der Waals surface area (Å²) in [7, 11) is 0.